The summed E-state index contributed by atoms with van der Waals surface area (Å²) in [4.78, 5) is 35.0. The molecule has 2 aromatic rings. The van der Waals surface area contributed by atoms with Crippen molar-refractivity contribution < 1.29 is 9.59 Å². The smallest absolute Gasteiger partial charge is 0.223 e. The Bertz CT molecular complexity index is 1020. The molecule has 6 nitrogen and oxygen atoms in total. The van der Waals surface area contributed by atoms with E-state index in [2.05, 4.69) is 15.3 Å². The molecular weight excluding hydrogens is 372 g/mol. The lowest BCUT2D eigenvalue weighted by Gasteiger charge is -2.19. The SMILES string of the molecule is C/N=C\C(C(=O)c1cccs1)=C1\N=CC=C(c2cccc(N(C)C(C)=O)c2)N1. The molecule has 3 rings (SSSR count). The zero-order valence-electron chi connectivity index (χ0n) is 15.8. The van der Waals surface area contributed by atoms with Crippen LogP contribution in [0.4, 0.5) is 5.69 Å². The molecule has 1 N–H and O–H groups in total. The van der Waals surface area contributed by atoms with Crippen molar-refractivity contribution in [1.29, 1.82) is 0 Å². The Morgan fingerprint density at radius 2 is 2.07 bits per heavy atom. The Morgan fingerprint density at radius 1 is 1.25 bits per heavy atom. The fraction of sp³-hybridized carbons (Fsp3) is 0.143. The fourth-order valence-corrected chi connectivity index (χ4v) is 3.33. The maximum Gasteiger partial charge on any atom is 0.223 e. The van der Waals surface area contributed by atoms with E-state index in [1.54, 1.807) is 31.3 Å². The molecule has 1 aliphatic heterocycles. The molecule has 1 aromatic heterocycles. The van der Waals surface area contributed by atoms with Gasteiger partial charge in [-0.3, -0.25) is 14.6 Å². The summed E-state index contributed by atoms with van der Waals surface area (Å²) in [7, 11) is 3.35. The number of anilines is 1. The van der Waals surface area contributed by atoms with Crippen LogP contribution in [0, 0.1) is 0 Å². The first-order valence-corrected chi connectivity index (χ1v) is 9.50. The molecule has 0 atom stereocenters. The molecule has 142 valence electrons. The third-order valence-corrected chi connectivity index (χ3v) is 5.09. The molecule has 0 bridgehead atoms. The molecule has 28 heavy (non-hydrogen) atoms. The number of hydrogen-bond acceptors (Lipinski definition) is 6. The predicted octanol–water partition coefficient (Wildman–Crippen LogP) is 3.54. The standard InChI is InChI=1S/C21H20N4O2S/c1-14(26)25(3)16-7-4-6-15(12-16)18-9-10-23-21(24-18)17(13-22-2)20(27)19-8-5-11-28-19/h4-13,24H,1-3H3/b21-17+,22-13-. The third-order valence-electron chi connectivity index (χ3n) is 4.22. The minimum absolute atomic E-state index is 0.0483. The summed E-state index contributed by atoms with van der Waals surface area (Å²) in [6.45, 7) is 1.52. The van der Waals surface area contributed by atoms with Gasteiger partial charge in [0, 0.05) is 50.4 Å². The Hall–Kier alpha value is -3.32. The van der Waals surface area contributed by atoms with E-state index in [-0.39, 0.29) is 11.7 Å². The summed E-state index contributed by atoms with van der Waals surface area (Å²) in [5, 5.41) is 5.08. The van der Waals surface area contributed by atoms with Gasteiger partial charge in [-0.15, -0.1) is 11.3 Å². The molecule has 1 amide bonds. The molecule has 2 heterocycles. The minimum Gasteiger partial charge on any atom is -0.339 e. The van der Waals surface area contributed by atoms with Crippen molar-refractivity contribution in [1.82, 2.24) is 5.32 Å². The summed E-state index contributed by atoms with van der Waals surface area (Å²) in [6.07, 6.45) is 4.99. The van der Waals surface area contributed by atoms with E-state index >= 15 is 0 Å². The molecule has 0 saturated heterocycles. The highest BCUT2D eigenvalue weighted by Gasteiger charge is 2.19. The Balaban J connectivity index is 1.95. The lowest BCUT2D eigenvalue weighted by molar-refractivity contribution is -0.116. The van der Waals surface area contributed by atoms with Gasteiger partial charge >= 0.3 is 0 Å². The van der Waals surface area contributed by atoms with E-state index in [1.807, 2.05) is 41.8 Å². The number of benzene rings is 1. The number of amides is 1. The summed E-state index contributed by atoms with van der Waals surface area (Å²) in [5.74, 6) is 0.256. The highest BCUT2D eigenvalue weighted by Crippen LogP contribution is 2.23. The molecule has 0 unspecified atom stereocenters. The summed E-state index contributed by atoms with van der Waals surface area (Å²) < 4.78 is 0. The second-order valence-electron chi connectivity index (χ2n) is 6.07. The van der Waals surface area contributed by atoms with Crippen LogP contribution in [0.15, 0.2) is 69.2 Å². The van der Waals surface area contributed by atoms with Gasteiger partial charge in [-0.2, -0.15) is 0 Å². The molecular formula is C21H20N4O2S. The molecule has 1 aromatic carbocycles. The maximum atomic E-state index is 12.8. The average Bonchev–Trinajstić information content (AvgIpc) is 3.26. The number of carbonyl (C=O) groups excluding carboxylic acids is 2. The van der Waals surface area contributed by atoms with Crippen LogP contribution in [0.5, 0.6) is 0 Å². The van der Waals surface area contributed by atoms with Gasteiger partial charge in [0.1, 0.15) is 5.82 Å². The zero-order valence-corrected chi connectivity index (χ0v) is 16.7. The van der Waals surface area contributed by atoms with E-state index < -0.39 is 0 Å². The number of rotatable bonds is 5. The van der Waals surface area contributed by atoms with Crippen LogP contribution in [-0.4, -0.2) is 38.2 Å². The number of nitrogens with zero attached hydrogens (tertiary/aromatic N) is 3. The van der Waals surface area contributed by atoms with Crippen molar-refractivity contribution in [3.63, 3.8) is 0 Å². The van der Waals surface area contributed by atoms with Crippen molar-refractivity contribution in [2.75, 3.05) is 19.0 Å². The van der Waals surface area contributed by atoms with Gasteiger partial charge in [-0.25, -0.2) is 4.99 Å². The van der Waals surface area contributed by atoms with E-state index in [0.29, 0.717) is 16.3 Å². The Morgan fingerprint density at radius 3 is 2.75 bits per heavy atom. The molecule has 1 aliphatic rings. The number of ketones is 1. The number of aliphatic imine (C=N–C) groups is 2. The van der Waals surface area contributed by atoms with Gasteiger partial charge < -0.3 is 10.2 Å². The van der Waals surface area contributed by atoms with Gasteiger partial charge in [0.2, 0.25) is 11.7 Å². The fourth-order valence-electron chi connectivity index (χ4n) is 2.65. The van der Waals surface area contributed by atoms with Crippen LogP contribution in [0.25, 0.3) is 5.70 Å². The molecule has 0 fully saturated rings. The quantitative estimate of drug-likeness (QED) is 0.480. The molecule has 7 heteroatoms. The summed E-state index contributed by atoms with van der Waals surface area (Å²) in [5.41, 5.74) is 2.84. The van der Waals surface area contributed by atoms with E-state index in [0.717, 1.165) is 16.9 Å². The summed E-state index contributed by atoms with van der Waals surface area (Å²) >= 11 is 1.38. The number of thiophene rings is 1. The summed E-state index contributed by atoms with van der Waals surface area (Å²) in [6, 6.07) is 11.2. The van der Waals surface area contributed by atoms with Crippen molar-refractivity contribution in [3.8, 4) is 0 Å². The Labute approximate surface area is 167 Å². The van der Waals surface area contributed by atoms with Crippen molar-refractivity contribution >= 4 is 46.8 Å². The first-order chi connectivity index (χ1) is 13.5. The molecule has 0 spiro atoms. The van der Waals surface area contributed by atoms with Gasteiger partial charge in [0.25, 0.3) is 0 Å². The van der Waals surface area contributed by atoms with Crippen LogP contribution >= 0.6 is 11.3 Å². The molecule has 0 saturated carbocycles. The number of carbonyl (C=O) groups is 2. The van der Waals surface area contributed by atoms with E-state index in [1.165, 1.54) is 24.5 Å². The number of Topliss-reactive ketones (excluding diaryl/α,β-unsaturated/α-hetero) is 1. The molecule has 0 radical (unpaired) electrons. The predicted molar refractivity (Wildman–Crippen MR) is 115 cm³/mol. The highest BCUT2D eigenvalue weighted by atomic mass is 32.1. The van der Waals surface area contributed by atoms with Crippen LogP contribution < -0.4 is 10.2 Å². The van der Waals surface area contributed by atoms with Gasteiger partial charge in [-0.1, -0.05) is 18.2 Å². The second-order valence-corrected chi connectivity index (χ2v) is 7.02. The zero-order chi connectivity index (χ0) is 20.1. The topological polar surface area (TPSA) is 74.1 Å². The lowest BCUT2D eigenvalue weighted by atomic mass is 10.1. The van der Waals surface area contributed by atoms with Crippen LogP contribution in [0.3, 0.4) is 0 Å². The monoisotopic (exact) mass is 392 g/mol. The second kappa shape index (κ2) is 8.58. The van der Waals surface area contributed by atoms with E-state index in [4.69, 9.17) is 0 Å². The van der Waals surface area contributed by atoms with Gasteiger partial charge in [0.05, 0.1) is 10.5 Å². The van der Waals surface area contributed by atoms with Gasteiger partial charge in [-0.05, 0) is 29.7 Å². The van der Waals surface area contributed by atoms with Crippen molar-refractivity contribution in [2.24, 2.45) is 9.98 Å². The van der Waals surface area contributed by atoms with Crippen molar-refractivity contribution in [3.05, 3.63) is 69.7 Å². The lowest BCUT2D eigenvalue weighted by Crippen LogP contribution is -2.23. The van der Waals surface area contributed by atoms with Gasteiger partial charge in [0.15, 0.2) is 0 Å². The number of allylic oxidation sites excluding steroid dienone is 2. The first kappa shape index (κ1) is 19.4. The van der Waals surface area contributed by atoms with Crippen LogP contribution in [-0.2, 0) is 4.79 Å². The maximum absolute atomic E-state index is 12.8. The highest BCUT2D eigenvalue weighted by molar-refractivity contribution is 7.12. The largest absolute Gasteiger partial charge is 0.339 e. The van der Waals surface area contributed by atoms with Crippen molar-refractivity contribution in [2.45, 2.75) is 6.92 Å². The average molecular weight is 392 g/mol. The Kier molecular flexibility index (Phi) is 5.96. The first-order valence-electron chi connectivity index (χ1n) is 8.62. The van der Waals surface area contributed by atoms with Crippen LogP contribution in [0.2, 0.25) is 0 Å². The minimum atomic E-state index is -0.133. The normalized spacial score (nSPS) is 15.2. The van der Waals surface area contributed by atoms with Crippen LogP contribution in [0.1, 0.15) is 22.2 Å². The molecule has 0 aliphatic carbocycles. The number of hydrogen-bond donors (Lipinski definition) is 1. The van der Waals surface area contributed by atoms with E-state index in [9.17, 15) is 9.59 Å². The third kappa shape index (κ3) is 4.15. The number of nitrogens with one attached hydrogen (secondary N) is 1.